The smallest absolute Gasteiger partial charge is 0.197 e. The van der Waals surface area contributed by atoms with E-state index < -0.39 is 0 Å². The number of benzene rings is 1. The second kappa shape index (κ2) is 4.02. The minimum Gasteiger partial charge on any atom is -0.493 e. The number of nitrogens with zero attached hydrogens (tertiary/aromatic N) is 2. The molecule has 5 heteroatoms. The van der Waals surface area contributed by atoms with E-state index in [2.05, 4.69) is 25.9 Å². The number of fused-ring (bicyclic) bond motifs is 1. The molecule has 0 aliphatic heterocycles. The van der Waals surface area contributed by atoms with E-state index in [9.17, 15) is 0 Å². The number of hydrogen-bond acceptors (Lipinski definition) is 4. The largest absolute Gasteiger partial charge is 0.493 e. The summed E-state index contributed by atoms with van der Waals surface area (Å²) in [5.74, 6) is 1.34. The molecule has 0 radical (unpaired) electrons. The average molecular weight is 269 g/mol. The van der Waals surface area contributed by atoms with E-state index in [1.807, 2.05) is 12.1 Å². The van der Waals surface area contributed by atoms with Crippen molar-refractivity contribution in [2.45, 2.75) is 0 Å². The lowest BCUT2D eigenvalue weighted by atomic mass is 10.2. The monoisotopic (exact) mass is 268 g/mol. The highest BCUT2D eigenvalue weighted by atomic mass is 79.9. The molecule has 1 aromatic heterocycles. The Morgan fingerprint density at radius 2 is 1.80 bits per heavy atom. The Labute approximate surface area is 95.4 Å². The van der Waals surface area contributed by atoms with Crippen LogP contribution in [0.25, 0.3) is 10.9 Å². The Hall–Kier alpha value is -1.36. The lowest BCUT2D eigenvalue weighted by Crippen LogP contribution is -1.92. The van der Waals surface area contributed by atoms with Crippen molar-refractivity contribution in [1.82, 2.24) is 9.97 Å². The van der Waals surface area contributed by atoms with Gasteiger partial charge in [0.1, 0.15) is 0 Å². The maximum Gasteiger partial charge on any atom is 0.197 e. The van der Waals surface area contributed by atoms with Crippen LogP contribution in [-0.2, 0) is 0 Å². The van der Waals surface area contributed by atoms with Gasteiger partial charge in [-0.3, -0.25) is 0 Å². The predicted octanol–water partition coefficient (Wildman–Crippen LogP) is 2.41. The van der Waals surface area contributed by atoms with Crippen molar-refractivity contribution < 1.29 is 9.47 Å². The van der Waals surface area contributed by atoms with Gasteiger partial charge in [-0.2, -0.15) is 0 Å². The molecule has 0 aliphatic rings. The number of methoxy groups -OCH3 is 2. The number of hydrogen-bond donors (Lipinski definition) is 0. The molecule has 2 rings (SSSR count). The zero-order valence-electron chi connectivity index (χ0n) is 8.32. The second-order valence-corrected chi connectivity index (χ2v) is 3.61. The third kappa shape index (κ3) is 1.87. The van der Waals surface area contributed by atoms with E-state index in [4.69, 9.17) is 9.47 Å². The van der Waals surface area contributed by atoms with Crippen molar-refractivity contribution >= 4 is 26.8 Å². The summed E-state index contributed by atoms with van der Waals surface area (Å²) in [5, 5.41) is 0.913. The summed E-state index contributed by atoms with van der Waals surface area (Å²) in [6.45, 7) is 0. The zero-order chi connectivity index (χ0) is 10.8. The van der Waals surface area contributed by atoms with Crippen molar-refractivity contribution in [3.63, 3.8) is 0 Å². The van der Waals surface area contributed by atoms with E-state index in [0.29, 0.717) is 16.2 Å². The van der Waals surface area contributed by atoms with Crippen LogP contribution in [0.4, 0.5) is 0 Å². The van der Waals surface area contributed by atoms with Gasteiger partial charge in [0.15, 0.2) is 16.2 Å². The third-order valence-corrected chi connectivity index (χ3v) is 2.44. The van der Waals surface area contributed by atoms with Gasteiger partial charge in [-0.15, -0.1) is 0 Å². The maximum absolute atomic E-state index is 5.18. The summed E-state index contributed by atoms with van der Waals surface area (Å²) in [6.07, 6.45) is 1.73. The highest BCUT2D eigenvalue weighted by Gasteiger charge is 2.07. The zero-order valence-corrected chi connectivity index (χ0v) is 9.91. The van der Waals surface area contributed by atoms with E-state index in [0.717, 1.165) is 10.9 Å². The molecule has 1 heterocycles. The minimum absolute atomic E-state index is 0.558. The van der Waals surface area contributed by atoms with Crippen molar-refractivity contribution in [3.8, 4) is 11.5 Å². The van der Waals surface area contributed by atoms with Crippen LogP contribution in [0.2, 0.25) is 0 Å². The van der Waals surface area contributed by atoms with Gasteiger partial charge in [-0.05, 0) is 22.0 Å². The van der Waals surface area contributed by atoms with E-state index in [-0.39, 0.29) is 0 Å². The molecular weight excluding hydrogens is 260 g/mol. The van der Waals surface area contributed by atoms with Crippen molar-refractivity contribution in [3.05, 3.63) is 23.1 Å². The van der Waals surface area contributed by atoms with Gasteiger partial charge in [0.05, 0.1) is 19.7 Å². The molecule has 2 aromatic rings. The summed E-state index contributed by atoms with van der Waals surface area (Å²) in [4.78, 5) is 8.28. The standard InChI is InChI=1S/C10H9BrN2O2/c1-14-8-3-6-5-12-10(11)13-7(6)4-9(8)15-2/h3-5H,1-2H3. The molecule has 0 atom stereocenters. The van der Waals surface area contributed by atoms with E-state index >= 15 is 0 Å². The van der Waals surface area contributed by atoms with Crippen LogP contribution in [0.3, 0.4) is 0 Å². The summed E-state index contributed by atoms with van der Waals surface area (Å²) >= 11 is 3.22. The Morgan fingerprint density at radius 1 is 1.13 bits per heavy atom. The van der Waals surface area contributed by atoms with Crippen LogP contribution in [0.15, 0.2) is 23.1 Å². The van der Waals surface area contributed by atoms with Crippen molar-refractivity contribution in [2.24, 2.45) is 0 Å². The Balaban J connectivity index is 2.69. The predicted molar refractivity (Wildman–Crippen MR) is 60.3 cm³/mol. The van der Waals surface area contributed by atoms with E-state index in [1.165, 1.54) is 0 Å². The molecule has 0 saturated carbocycles. The lowest BCUT2D eigenvalue weighted by Gasteiger charge is -2.08. The summed E-state index contributed by atoms with van der Waals surface area (Å²) < 4.78 is 10.9. The molecule has 0 saturated heterocycles. The molecule has 4 nitrogen and oxygen atoms in total. The van der Waals surface area contributed by atoms with Crippen LogP contribution < -0.4 is 9.47 Å². The highest BCUT2D eigenvalue weighted by Crippen LogP contribution is 2.31. The summed E-state index contributed by atoms with van der Waals surface area (Å²) in [7, 11) is 3.20. The molecule has 15 heavy (non-hydrogen) atoms. The van der Waals surface area contributed by atoms with Crippen molar-refractivity contribution in [1.29, 1.82) is 0 Å². The minimum atomic E-state index is 0.558. The molecular formula is C10H9BrN2O2. The molecule has 1 aromatic carbocycles. The number of rotatable bonds is 2. The number of ether oxygens (including phenoxy) is 2. The van der Waals surface area contributed by atoms with Crippen LogP contribution in [0, 0.1) is 0 Å². The van der Waals surface area contributed by atoms with Crippen LogP contribution in [-0.4, -0.2) is 24.2 Å². The van der Waals surface area contributed by atoms with Gasteiger partial charge in [0.25, 0.3) is 0 Å². The fourth-order valence-corrected chi connectivity index (χ4v) is 1.63. The van der Waals surface area contributed by atoms with E-state index in [1.54, 1.807) is 20.4 Å². The molecule has 0 N–H and O–H groups in total. The Morgan fingerprint density at radius 3 is 2.47 bits per heavy atom. The molecule has 0 spiro atoms. The summed E-state index contributed by atoms with van der Waals surface area (Å²) in [5.41, 5.74) is 0.814. The first-order chi connectivity index (χ1) is 7.24. The third-order valence-electron chi connectivity index (χ3n) is 2.06. The normalized spacial score (nSPS) is 10.3. The first-order valence-corrected chi connectivity index (χ1v) is 5.08. The molecule has 78 valence electrons. The molecule has 0 fully saturated rings. The van der Waals surface area contributed by atoms with Gasteiger partial charge in [-0.25, -0.2) is 9.97 Å². The quantitative estimate of drug-likeness (QED) is 0.785. The lowest BCUT2D eigenvalue weighted by molar-refractivity contribution is 0.356. The van der Waals surface area contributed by atoms with Crippen LogP contribution in [0.1, 0.15) is 0 Å². The fraction of sp³-hybridized carbons (Fsp3) is 0.200. The average Bonchev–Trinajstić information content (AvgIpc) is 2.27. The molecule has 0 unspecified atom stereocenters. The van der Waals surface area contributed by atoms with Crippen LogP contribution in [0.5, 0.6) is 11.5 Å². The first-order valence-electron chi connectivity index (χ1n) is 4.29. The number of halogens is 1. The number of aromatic nitrogens is 2. The highest BCUT2D eigenvalue weighted by molar-refractivity contribution is 9.10. The van der Waals surface area contributed by atoms with Gasteiger partial charge in [-0.1, -0.05) is 0 Å². The molecule has 0 amide bonds. The topological polar surface area (TPSA) is 44.2 Å². The molecule has 0 aliphatic carbocycles. The van der Waals surface area contributed by atoms with Gasteiger partial charge in [0, 0.05) is 17.6 Å². The van der Waals surface area contributed by atoms with Gasteiger partial charge in [0.2, 0.25) is 0 Å². The fourth-order valence-electron chi connectivity index (χ4n) is 1.34. The second-order valence-electron chi connectivity index (χ2n) is 2.91. The molecule has 0 bridgehead atoms. The Bertz CT molecular complexity index is 502. The van der Waals surface area contributed by atoms with Gasteiger partial charge >= 0.3 is 0 Å². The maximum atomic E-state index is 5.18. The SMILES string of the molecule is COc1cc2cnc(Br)nc2cc1OC. The first kappa shape index (κ1) is 10.2. The van der Waals surface area contributed by atoms with Crippen molar-refractivity contribution in [2.75, 3.05) is 14.2 Å². The summed E-state index contributed by atoms with van der Waals surface area (Å²) in [6, 6.07) is 3.67. The Kier molecular flexibility index (Phi) is 2.73. The van der Waals surface area contributed by atoms with Gasteiger partial charge < -0.3 is 9.47 Å². The van der Waals surface area contributed by atoms with Crippen LogP contribution >= 0.6 is 15.9 Å².